The topological polar surface area (TPSA) is 46.6 Å². The highest BCUT2D eigenvalue weighted by molar-refractivity contribution is 7.86. The van der Waals surface area contributed by atoms with Crippen molar-refractivity contribution in [2.24, 2.45) is 0 Å². The highest BCUT2D eigenvalue weighted by atomic mass is 32.2. The van der Waals surface area contributed by atoms with Gasteiger partial charge in [-0.3, -0.25) is 0 Å². The highest BCUT2D eigenvalue weighted by Gasteiger charge is 2.12. The van der Waals surface area contributed by atoms with E-state index in [1.165, 1.54) is 0 Å². The lowest BCUT2D eigenvalue weighted by molar-refractivity contribution is 0.305. The van der Waals surface area contributed by atoms with E-state index in [2.05, 4.69) is 4.90 Å². The molecule has 1 aliphatic heterocycles. The Morgan fingerprint density at radius 2 is 2.25 bits per heavy atom. The third kappa shape index (κ3) is 3.23. The van der Waals surface area contributed by atoms with Crippen LogP contribution < -0.4 is 0 Å². The molecule has 0 saturated heterocycles. The van der Waals surface area contributed by atoms with Gasteiger partial charge in [0.1, 0.15) is 5.76 Å². The lowest BCUT2D eigenvalue weighted by Gasteiger charge is -2.20. The quantitative estimate of drug-likeness (QED) is 0.584. The van der Waals surface area contributed by atoms with Crippen LogP contribution >= 0.6 is 0 Å². The largest absolute Gasteiger partial charge is 0.387 e. The van der Waals surface area contributed by atoms with E-state index in [1.807, 2.05) is 7.05 Å². The first-order valence-corrected chi connectivity index (χ1v) is 5.56. The van der Waals surface area contributed by atoms with Crippen LogP contribution in [0.1, 0.15) is 6.42 Å². The van der Waals surface area contributed by atoms with Crippen LogP contribution in [0.2, 0.25) is 0 Å². The molecular formula is C7H13NO3S. The van der Waals surface area contributed by atoms with Gasteiger partial charge in [0.2, 0.25) is 0 Å². The van der Waals surface area contributed by atoms with Gasteiger partial charge in [-0.05, 0) is 13.1 Å². The van der Waals surface area contributed by atoms with Crippen molar-refractivity contribution in [3.05, 3.63) is 11.8 Å². The molecule has 0 saturated carbocycles. The first-order chi connectivity index (χ1) is 5.47. The van der Waals surface area contributed by atoms with Gasteiger partial charge < -0.3 is 9.08 Å². The zero-order valence-corrected chi connectivity index (χ0v) is 8.10. The fourth-order valence-electron chi connectivity index (χ4n) is 1.02. The minimum Gasteiger partial charge on any atom is -0.387 e. The van der Waals surface area contributed by atoms with E-state index in [-0.39, 0.29) is 0 Å². The Hall–Kier alpha value is -0.550. The van der Waals surface area contributed by atoms with Crippen molar-refractivity contribution in [1.82, 2.24) is 4.90 Å². The molecule has 70 valence electrons. The van der Waals surface area contributed by atoms with Crippen LogP contribution in [-0.4, -0.2) is 39.7 Å². The van der Waals surface area contributed by atoms with Crippen molar-refractivity contribution in [3.8, 4) is 0 Å². The third-order valence-electron chi connectivity index (χ3n) is 1.63. The third-order valence-corrected chi connectivity index (χ3v) is 2.15. The molecule has 0 N–H and O–H groups in total. The standard InChI is InChI=1S/C7H13NO3S/c1-8-5-3-7(4-6-8)11-12(2,9)10/h3H,4-6H2,1-2H3. The zero-order chi connectivity index (χ0) is 9.19. The van der Waals surface area contributed by atoms with Crippen molar-refractivity contribution in [3.63, 3.8) is 0 Å². The molecule has 0 atom stereocenters. The summed E-state index contributed by atoms with van der Waals surface area (Å²) >= 11 is 0. The molecule has 1 aliphatic rings. The van der Waals surface area contributed by atoms with Gasteiger partial charge in [-0.15, -0.1) is 0 Å². The van der Waals surface area contributed by atoms with E-state index in [0.717, 1.165) is 19.3 Å². The van der Waals surface area contributed by atoms with Gasteiger partial charge in [-0.25, -0.2) is 0 Å². The second-order valence-corrected chi connectivity index (χ2v) is 4.55. The van der Waals surface area contributed by atoms with Gasteiger partial charge in [-0.2, -0.15) is 8.42 Å². The fourth-order valence-corrected chi connectivity index (χ4v) is 1.56. The second-order valence-electron chi connectivity index (χ2n) is 2.97. The maximum atomic E-state index is 10.7. The van der Waals surface area contributed by atoms with E-state index >= 15 is 0 Å². The summed E-state index contributed by atoms with van der Waals surface area (Å²) in [4.78, 5) is 2.09. The predicted molar refractivity (Wildman–Crippen MR) is 46.1 cm³/mol. The average molecular weight is 191 g/mol. The molecule has 1 rings (SSSR count). The predicted octanol–water partition coefficient (Wildman–Crippen LogP) is 0.182. The Morgan fingerprint density at radius 1 is 1.58 bits per heavy atom. The van der Waals surface area contributed by atoms with Gasteiger partial charge >= 0.3 is 10.1 Å². The molecule has 5 heteroatoms. The molecule has 0 aromatic rings. The van der Waals surface area contributed by atoms with Crippen molar-refractivity contribution in [1.29, 1.82) is 0 Å². The van der Waals surface area contributed by atoms with E-state index in [0.29, 0.717) is 12.2 Å². The molecule has 0 radical (unpaired) electrons. The van der Waals surface area contributed by atoms with E-state index < -0.39 is 10.1 Å². The molecule has 0 aliphatic carbocycles. The number of rotatable bonds is 2. The van der Waals surface area contributed by atoms with E-state index in [4.69, 9.17) is 4.18 Å². The molecule has 0 unspecified atom stereocenters. The lowest BCUT2D eigenvalue weighted by atomic mass is 10.2. The molecule has 0 spiro atoms. The maximum absolute atomic E-state index is 10.7. The summed E-state index contributed by atoms with van der Waals surface area (Å²) in [5.74, 6) is 0.565. The zero-order valence-electron chi connectivity index (χ0n) is 7.28. The van der Waals surface area contributed by atoms with Crippen molar-refractivity contribution >= 4 is 10.1 Å². The van der Waals surface area contributed by atoms with Gasteiger partial charge in [0.25, 0.3) is 0 Å². The van der Waals surface area contributed by atoms with Crippen LogP contribution in [0.5, 0.6) is 0 Å². The maximum Gasteiger partial charge on any atom is 0.305 e. The van der Waals surface area contributed by atoms with Gasteiger partial charge in [-0.1, -0.05) is 0 Å². The van der Waals surface area contributed by atoms with Gasteiger partial charge in [0, 0.05) is 19.5 Å². The number of hydrogen-bond acceptors (Lipinski definition) is 4. The summed E-state index contributed by atoms with van der Waals surface area (Å²) in [6.45, 7) is 1.60. The first kappa shape index (κ1) is 9.54. The van der Waals surface area contributed by atoms with E-state index in [1.54, 1.807) is 6.08 Å². The summed E-state index contributed by atoms with van der Waals surface area (Å²) in [5.41, 5.74) is 0. The van der Waals surface area contributed by atoms with Crippen LogP contribution in [0.15, 0.2) is 11.8 Å². The molecule has 12 heavy (non-hydrogen) atoms. The smallest absolute Gasteiger partial charge is 0.305 e. The summed E-state index contributed by atoms with van der Waals surface area (Å²) < 4.78 is 26.1. The second kappa shape index (κ2) is 3.45. The van der Waals surface area contributed by atoms with Crippen LogP contribution in [-0.2, 0) is 14.3 Å². The molecule has 0 bridgehead atoms. The Labute approximate surface area is 72.9 Å². The average Bonchev–Trinajstić information content (AvgIpc) is 1.91. The summed E-state index contributed by atoms with van der Waals surface area (Å²) in [6, 6.07) is 0. The highest BCUT2D eigenvalue weighted by Crippen LogP contribution is 2.12. The minimum absolute atomic E-state index is 0.565. The van der Waals surface area contributed by atoms with Gasteiger partial charge in [0.05, 0.1) is 6.26 Å². The van der Waals surface area contributed by atoms with Crippen LogP contribution in [0, 0.1) is 0 Å². The molecular weight excluding hydrogens is 178 g/mol. The summed E-state index contributed by atoms with van der Waals surface area (Å²) in [6.07, 6.45) is 3.53. The summed E-state index contributed by atoms with van der Waals surface area (Å²) in [5, 5.41) is 0. The Morgan fingerprint density at radius 3 is 2.67 bits per heavy atom. The van der Waals surface area contributed by atoms with Gasteiger partial charge in [0.15, 0.2) is 0 Å². The molecule has 0 aromatic carbocycles. The minimum atomic E-state index is -3.33. The van der Waals surface area contributed by atoms with Crippen LogP contribution in [0.3, 0.4) is 0 Å². The Bertz CT molecular complexity index is 281. The molecule has 0 fully saturated rings. The molecule has 1 heterocycles. The lowest BCUT2D eigenvalue weighted by Crippen LogP contribution is -2.25. The first-order valence-electron chi connectivity index (χ1n) is 3.74. The SMILES string of the molecule is CN1CC=C(OS(C)(=O)=O)CC1. The normalized spacial score (nSPS) is 20.3. The van der Waals surface area contributed by atoms with Crippen LogP contribution in [0.25, 0.3) is 0 Å². The fraction of sp³-hybridized carbons (Fsp3) is 0.714. The number of nitrogens with zero attached hydrogens (tertiary/aromatic N) is 1. The van der Waals surface area contributed by atoms with E-state index in [9.17, 15) is 8.42 Å². The molecule has 4 nitrogen and oxygen atoms in total. The monoisotopic (exact) mass is 191 g/mol. The van der Waals surface area contributed by atoms with Crippen molar-refractivity contribution in [2.75, 3.05) is 26.4 Å². The molecule has 0 amide bonds. The number of likely N-dealkylation sites (N-methyl/N-ethyl adjacent to an activating group) is 1. The Balaban J connectivity index is 2.55. The number of hydrogen-bond donors (Lipinski definition) is 0. The Kier molecular flexibility index (Phi) is 2.74. The molecule has 0 aromatic heterocycles. The van der Waals surface area contributed by atoms with Crippen molar-refractivity contribution < 1.29 is 12.6 Å². The summed E-state index contributed by atoms with van der Waals surface area (Å²) in [7, 11) is -1.35. The van der Waals surface area contributed by atoms with Crippen LogP contribution in [0.4, 0.5) is 0 Å². The van der Waals surface area contributed by atoms with Crippen molar-refractivity contribution in [2.45, 2.75) is 6.42 Å².